The van der Waals surface area contributed by atoms with Crippen LogP contribution in [0, 0.1) is 11.7 Å². The first kappa shape index (κ1) is 22.7. The smallest absolute Gasteiger partial charge is 0.239 e. The van der Waals surface area contributed by atoms with Crippen LogP contribution < -0.4 is 11.1 Å². The minimum atomic E-state index is -0.448. The molecule has 0 saturated carbocycles. The van der Waals surface area contributed by atoms with Crippen LogP contribution in [-0.4, -0.2) is 47.9 Å². The maximum absolute atomic E-state index is 12.9. The number of hydrogen-bond donors (Lipinski definition) is 2. The van der Waals surface area contributed by atoms with Gasteiger partial charge in [-0.05, 0) is 49.0 Å². The van der Waals surface area contributed by atoms with Crippen LogP contribution in [0.3, 0.4) is 0 Å². The SMILES string of the molecule is CSCC[C@H](N)C(=O)N1CCC(C(=O)NCc2ccc(F)cc2)CC1.Cl. The van der Waals surface area contributed by atoms with Gasteiger partial charge in [0.05, 0.1) is 6.04 Å². The summed E-state index contributed by atoms with van der Waals surface area (Å²) in [6, 6.07) is 5.63. The number of rotatable bonds is 7. The maximum atomic E-state index is 12.9. The number of likely N-dealkylation sites (tertiary alicyclic amines) is 1. The molecule has 1 atom stereocenters. The molecular formula is C18H27ClFN3O2S. The zero-order chi connectivity index (χ0) is 18.2. The number of piperidine rings is 1. The van der Waals surface area contributed by atoms with Crippen molar-refractivity contribution < 1.29 is 14.0 Å². The predicted molar refractivity (Wildman–Crippen MR) is 106 cm³/mol. The van der Waals surface area contributed by atoms with E-state index < -0.39 is 6.04 Å². The van der Waals surface area contributed by atoms with Gasteiger partial charge in [-0.1, -0.05) is 12.1 Å². The largest absolute Gasteiger partial charge is 0.352 e. The Labute approximate surface area is 164 Å². The number of nitrogens with zero attached hydrogens (tertiary/aromatic N) is 1. The maximum Gasteiger partial charge on any atom is 0.239 e. The molecule has 0 radical (unpaired) electrons. The van der Waals surface area contributed by atoms with Crippen molar-refractivity contribution >= 4 is 36.0 Å². The molecule has 26 heavy (non-hydrogen) atoms. The van der Waals surface area contributed by atoms with E-state index in [4.69, 9.17) is 5.73 Å². The van der Waals surface area contributed by atoms with Gasteiger partial charge < -0.3 is 16.0 Å². The zero-order valence-corrected chi connectivity index (χ0v) is 16.6. The standard InChI is InChI=1S/C18H26FN3O2S.ClH/c1-25-11-8-16(20)18(24)22-9-6-14(7-10-22)17(23)21-12-13-2-4-15(19)5-3-13;/h2-5,14,16H,6-12,20H2,1H3,(H,21,23);1H/t16-;/m0./s1. The Hall–Kier alpha value is -1.31. The van der Waals surface area contributed by atoms with Gasteiger partial charge in [0, 0.05) is 25.6 Å². The minimum absolute atomic E-state index is 0. The molecule has 1 saturated heterocycles. The van der Waals surface area contributed by atoms with E-state index >= 15 is 0 Å². The molecule has 1 aliphatic rings. The van der Waals surface area contributed by atoms with Crippen LogP contribution in [0.2, 0.25) is 0 Å². The molecule has 1 fully saturated rings. The first-order valence-corrected chi connectivity index (χ1v) is 9.96. The van der Waals surface area contributed by atoms with Gasteiger partial charge in [0.15, 0.2) is 0 Å². The molecule has 1 aromatic rings. The Bertz CT molecular complexity index is 580. The molecule has 0 bridgehead atoms. The minimum Gasteiger partial charge on any atom is -0.352 e. The van der Waals surface area contributed by atoms with Crippen molar-refractivity contribution in [3.63, 3.8) is 0 Å². The Morgan fingerprint density at radius 3 is 2.50 bits per heavy atom. The number of halogens is 2. The molecule has 8 heteroatoms. The number of carbonyl (C=O) groups excluding carboxylic acids is 2. The fourth-order valence-electron chi connectivity index (χ4n) is 2.90. The Kier molecular flexibility index (Phi) is 9.98. The van der Waals surface area contributed by atoms with Gasteiger partial charge in [0.25, 0.3) is 0 Å². The molecule has 2 rings (SSSR count). The first-order chi connectivity index (χ1) is 12.0. The first-order valence-electron chi connectivity index (χ1n) is 8.56. The van der Waals surface area contributed by atoms with Crippen molar-refractivity contribution in [1.82, 2.24) is 10.2 Å². The molecule has 5 nitrogen and oxygen atoms in total. The summed E-state index contributed by atoms with van der Waals surface area (Å²) in [6.07, 6.45) is 3.97. The van der Waals surface area contributed by atoms with E-state index in [1.807, 2.05) is 6.26 Å². The van der Waals surface area contributed by atoms with Crippen LogP contribution in [0.5, 0.6) is 0 Å². The van der Waals surface area contributed by atoms with Crippen molar-refractivity contribution in [3.05, 3.63) is 35.6 Å². The number of thioether (sulfide) groups is 1. The summed E-state index contributed by atoms with van der Waals surface area (Å²) in [5, 5.41) is 2.89. The second kappa shape index (κ2) is 11.4. The van der Waals surface area contributed by atoms with Crippen molar-refractivity contribution in [2.45, 2.75) is 31.8 Å². The molecule has 1 aliphatic heterocycles. The van der Waals surface area contributed by atoms with Gasteiger partial charge in [0.1, 0.15) is 5.82 Å². The summed E-state index contributed by atoms with van der Waals surface area (Å²) >= 11 is 1.68. The fourth-order valence-corrected chi connectivity index (χ4v) is 3.39. The predicted octanol–water partition coefficient (Wildman–Crippen LogP) is 2.18. The van der Waals surface area contributed by atoms with Crippen molar-refractivity contribution in [1.29, 1.82) is 0 Å². The van der Waals surface area contributed by atoms with E-state index in [1.54, 1.807) is 28.8 Å². The molecule has 0 spiro atoms. The summed E-state index contributed by atoms with van der Waals surface area (Å²) in [6.45, 7) is 1.53. The number of amides is 2. The number of nitrogens with one attached hydrogen (secondary N) is 1. The molecule has 1 aromatic carbocycles. The molecule has 0 unspecified atom stereocenters. The van der Waals surface area contributed by atoms with E-state index in [9.17, 15) is 14.0 Å². The monoisotopic (exact) mass is 403 g/mol. The van der Waals surface area contributed by atoms with Gasteiger partial charge in [-0.2, -0.15) is 11.8 Å². The lowest BCUT2D eigenvalue weighted by Gasteiger charge is -2.33. The van der Waals surface area contributed by atoms with Gasteiger partial charge in [-0.3, -0.25) is 9.59 Å². The number of hydrogen-bond acceptors (Lipinski definition) is 4. The van der Waals surface area contributed by atoms with Crippen LogP contribution in [0.4, 0.5) is 4.39 Å². The topological polar surface area (TPSA) is 75.4 Å². The van der Waals surface area contributed by atoms with Crippen LogP contribution in [0.15, 0.2) is 24.3 Å². The lowest BCUT2D eigenvalue weighted by molar-refractivity contribution is -0.136. The highest BCUT2D eigenvalue weighted by Crippen LogP contribution is 2.18. The van der Waals surface area contributed by atoms with E-state index in [1.165, 1.54) is 12.1 Å². The van der Waals surface area contributed by atoms with Gasteiger partial charge in [0.2, 0.25) is 11.8 Å². The second-order valence-electron chi connectivity index (χ2n) is 6.33. The third kappa shape index (κ3) is 6.78. The van der Waals surface area contributed by atoms with Crippen LogP contribution in [-0.2, 0) is 16.1 Å². The lowest BCUT2D eigenvalue weighted by atomic mass is 9.95. The molecule has 1 heterocycles. The highest BCUT2D eigenvalue weighted by atomic mass is 35.5. The van der Waals surface area contributed by atoms with Crippen molar-refractivity contribution in [2.24, 2.45) is 11.7 Å². The molecule has 3 N–H and O–H groups in total. The van der Waals surface area contributed by atoms with Crippen LogP contribution >= 0.6 is 24.2 Å². The fraction of sp³-hybridized carbons (Fsp3) is 0.556. The molecule has 2 amide bonds. The normalized spacial score (nSPS) is 15.9. The van der Waals surface area contributed by atoms with E-state index in [0.29, 0.717) is 38.9 Å². The van der Waals surface area contributed by atoms with Gasteiger partial charge in [-0.15, -0.1) is 12.4 Å². The molecular weight excluding hydrogens is 377 g/mol. The molecule has 0 aromatic heterocycles. The highest BCUT2D eigenvalue weighted by molar-refractivity contribution is 7.98. The van der Waals surface area contributed by atoms with Crippen molar-refractivity contribution in [2.75, 3.05) is 25.1 Å². The summed E-state index contributed by atoms with van der Waals surface area (Å²) < 4.78 is 12.9. The third-order valence-electron chi connectivity index (χ3n) is 4.51. The summed E-state index contributed by atoms with van der Waals surface area (Å²) in [4.78, 5) is 26.3. The molecule has 0 aliphatic carbocycles. The van der Waals surface area contributed by atoms with E-state index in [0.717, 1.165) is 11.3 Å². The summed E-state index contributed by atoms with van der Waals surface area (Å²) in [5.41, 5.74) is 6.80. The van der Waals surface area contributed by atoms with E-state index in [-0.39, 0.29) is 36.0 Å². The average molecular weight is 404 g/mol. The van der Waals surface area contributed by atoms with Crippen LogP contribution in [0.1, 0.15) is 24.8 Å². The van der Waals surface area contributed by atoms with Crippen LogP contribution in [0.25, 0.3) is 0 Å². The summed E-state index contributed by atoms with van der Waals surface area (Å²) in [7, 11) is 0. The Morgan fingerprint density at radius 2 is 1.92 bits per heavy atom. The van der Waals surface area contributed by atoms with Gasteiger partial charge >= 0.3 is 0 Å². The number of benzene rings is 1. The lowest BCUT2D eigenvalue weighted by Crippen LogP contribution is -2.49. The van der Waals surface area contributed by atoms with E-state index in [2.05, 4.69) is 5.32 Å². The third-order valence-corrected chi connectivity index (χ3v) is 5.15. The number of nitrogens with two attached hydrogens (primary N) is 1. The zero-order valence-electron chi connectivity index (χ0n) is 14.9. The highest BCUT2D eigenvalue weighted by Gasteiger charge is 2.29. The molecule has 146 valence electrons. The van der Waals surface area contributed by atoms with Gasteiger partial charge in [-0.25, -0.2) is 4.39 Å². The second-order valence-corrected chi connectivity index (χ2v) is 7.32. The van der Waals surface area contributed by atoms with Crippen molar-refractivity contribution in [3.8, 4) is 0 Å². The Morgan fingerprint density at radius 1 is 1.31 bits per heavy atom. The average Bonchev–Trinajstić information content (AvgIpc) is 2.65. The summed E-state index contributed by atoms with van der Waals surface area (Å²) in [5.74, 6) is 0.465. The Balaban J connectivity index is 0.00000338. The number of carbonyl (C=O) groups is 2. The quantitative estimate of drug-likeness (QED) is 0.731.